The highest BCUT2D eigenvalue weighted by atomic mass is 16.5. The van der Waals surface area contributed by atoms with Gasteiger partial charge in [-0.3, -0.25) is 4.79 Å². The molecule has 0 atom stereocenters. The molecule has 0 aliphatic rings. The molecule has 3 rings (SSSR count). The van der Waals surface area contributed by atoms with Gasteiger partial charge in [0.1, 0.15) is 5.75 Å². The number of carbonyl (C=O) groups excluding carboxylic acids is 1. The number of hydrogen-bond donors (Lipinski definition) is 2. The first-order valence-corrected chi connectivity index (χ1v) is 8.50. The molecular weight excluding hydrogens is 356 g/mol. The average Bonchev–Trinajstić information content (AvgIpc) is 2.67. The molecule has 0 unspecified atom stereocenters. The molecule has 0 aliphatic heterocycles. The highest BCUT2D eigenvalue weighted by Gasteiger charge is 2.10. The molecule has 2 aromatic carbocycles. The molecule has 3 aromatic rings. The summed E-state index contributed by atoms with van der Waals surface area (Å²) < 4.78 is 5.23. The first-order chi connectivity index (χ1) is 13.4. The van der Waals surface area contributed by atoms with Gasteiger partial charge in [-0.2, -0.15) is 4.99 Å². The third-order valence-corrected chi connectivity index (χ3v) is 4.16. The second-order valence-electron chi connectivity index (χ2n) is 6.07. The van der Waals surface area contributed by atoms with Crippen molar-refractivity contribution in [2.75, 3.05) is 7.11 Å². The summed E-state index contributed by atoms with van der Waals surface area (Å²) in [6.07, 6.45) is 0. The summed E-state index contributed by atoms with van der Waals surface area (Å²) in [6, 6.07) is 12.4. The van der Waals surface area contributed by atoms with E-state index in [0.29, 0.717) is 28.1 Å². The van der Waals surface area contributed by atoms with Crippen LogP contribution in [0.2, 0.25) is 0 Å². The fourth-order valence-electron chi connectivity index (χ4n) is 2.80. The number of aliphatic imine (C=N–C) groups is 2. The lowest BCUT2D eigenvalue weighted by atomic mass is 10.0. The van der Waals surface area contributed by atoms with Crippen LogP contribution in [0.3, 0.4) is 0 Å². The Morgan fingerprint density at radius 1 is 1.07 bits per heavy atom. The number of aryl methyl sites for hydroxylation is 1. The Morgan fingerprint density at radius 3 is 2.46 bits per heavy atom. The summed E-state index contributed by atoms with van der Waals surface area (Å²) in [4.78, 5) is 28.8. The molecule has 142 valence electrons. The van der Waals surface area contributed by atoms with Crippen LogP contribution in [0.1, 0.15) is 28.5 Å². The van der Waals surface area contributed by atoms with Gasteiger partial charge >= 0.3 is 0 Å². The molecule has 1 heterocycles. The minimum Gasteiger partial charge on any atom is -0.497 e. The summed E-state index contributed by atoms with van der Waals surface area (Å²) >= 11 is 0. The fraction of sp³-hybridized carbons (Fsp3) is 0.150. The molecule has 0 saturated carbocycles. The molecule has 0 fully saturated rings. The first kappa shape index (κ1) is 19.0. The number of ether oxygens (including phenoxy) is 1. The van der Waals surface area contributed by atoms with Crippen molar-refractivity contribution in [3.8, 4) is 5.75 Å². The molecule has 4 N–H and O–H groups in total. The zero-order valence-corrected chi connectivity index (χ0v) is 15.8. The molecule has 0 aliphatic carbocycles. The SMILES string of the molecule is COc1ccc2c(C)nc(/N=C(N)/N=C(\C)c3ccccc3C(N)=O)nc2c1. The van der Waals surface area contributed by atoms with Gasteiger partial charge < -0.3 is 16.2 Å². The van der Waals surface area contributed by atoms with Crippen molar-refractivity contribution < 1.29 is 9.53 Å². The van der Waals surface area contributed by atoms with Crippen LogP contribution < -0.4 is 16.2 Å². The van der Waals surface area contributed by atoms with Crippen molar-refractivity contribution in [2.45, 2.75) is 13.8 Å². The zero-order chi connectivity index (χ0) is 20.3. The lowest BCUT2D eigenvalue weighted by molar-refractivity contribution is 0.1000. The van der Waals surface area contributed by atoms with Gasteiger partial charge in [-0.25, -0.2) is 15.0 Å². The van der Waals surface area contributed by atoms with Gasteiger partial charge in [-0.1, -0.05) is 18.2 Å². The van der Waals surface area contributed by atoms with Crippen molar-refractivity contribution in [3.05, 3.63) is 59.3 Å². The van der Waals surface area contributed by atoms with Crippen molar-refractivity contribution in [3.63, 3.8) is 0 Å². The molecule has 8 nitrogen and oxygen atoms in total. The van der Waals surface area contributed by atoms with Crippen LogP contribution in [0, 0.1) is 6.92 Å². The number of primary amides is 1. The van der Waals surface area contributed by atoms with E-state index in [9.17, 15) is 4.79 Å². The average molecular weight is 376 g/mol. The van der Waals surface area contributed by atoms with Crippen LogP contribution in [0.5, 0.6) is 5.75 Å². The predicted octanol–water partition coefficient (Wildman–Crippen LogP) is 2.50. The molecule has 0 spiro atoms. The van der Waals surface area contributed by atoms with Crippen LogP contribution in [0.4, 0.5) is 5.95 Å². The second kappa shape index (κ2) is 7.83. The van der Waals surface area contributed by atoms with Gasteiger partial charge in [-0.15, -0.1) is 0 Å². The van der Waals surface area contributed by atoms with E-state index in [-0.39, 0.29) is 11.9 Å². The first-order valence-electron chi connectivity index (χ1n) is 8.50. The lowest BCUT2D eigenvalue weighted by Crippen LogP contribution is -2.17. The van der Waals surface area contributed by atoms with E-state index < -0.39 is 5.91 Å². The molecule has 28 heavy (non-hydrogen) atoms. The summed E-state index contributed by atoms with van der Waals surface area (Å²) in [5.41, 5.74) is 14.3. The molecule has 1 aromatic heterocycles. The number of benzene rings is 2. The number of carbonyl (C=O) groups is 1. The molecule has 1 amide bonds. The van der Waals surface area contributed by atoms with Crippen molar-refractivity contribution >= 4 is 34.4 Å². The summed E-state index contributed by atoms with van der Waals surface area (Å²) in [7, 11) is 1.59. The minimum absolute atomic E-state index is 0.0292. The van der Waals surface area contributed by atoms with Crippen molar-refractivity contribution in [2.24, 2.45) is 21.5 Å². The van der Waals surface area contributed by atoms with Gasteiger partial charge in [0.2, 0.25) is 11.9 Å². The molecule has 0 bridgehead atoms. The maximum atomic E-state index is 11.6. The van der Waals surface area contributed by atoms with Crippen LogP contribution in [0.25, 0.3) is 10.9 Å². The van der Waals surface area contributed by atoms with E-state index in [4.69, 9.17) is 16.2 Å². The van der Waals surface area contributed by atoms with Gasteiger partial charge in [0, 0.05) is 28.3 Å². The van der Waals surface area contributed by atoms with Crippen LogP contribution in [0.15, 0.2) is 52.4 Å². The Balaban J connectivity index is 1.99. The van der Waals surface area contributed by atoms with Crippen LogP contribution in [-0.2, 0) is 0 Å². The van der Waals surface area contributed by atoms with Gasteiger partial charge in [0.05, 0.1) is 18.3 Å². The second-order valence-corrected chi connectivity index (χ2v) is 6.07. The monoisotopic (exact) mass is 376 g/mol. The number of fused-ring (bicyclic) bond motifs is 1. The number of methoxy groups -OCH3 is 1. The zero-order valence-electron chi connectivity index (χ0n) is 15.8. The van der Waals surface area contributed by atoms with Crippen LogP contribution >= 0.6 is 0 Å². The Bertz CT molecular complexity index is 1120. The number of nitrogens with zero attached hydrogens (tertiary/aromatic N) is 4. The van der Waals surface area contributed by atoms with Crippen molar-refractivity contribution in [1.82, 2.24) is 9.97 Å². The molecule has 0 radical (unpaired) electrons. The highest BCUT2D eigenvalue weighted by molar-refractivity contribution is 6.12. The van der Waals surface area contributed by atoms with Gasteiger partial charge in [0.25, 0.3) is 5.95 Å². The normalized spacial score (nSPS) is 12.2. The number of guanidine groups is 1. The predicted molar refractivity (Wildman–Crippen MR) is 109 cm³/mol. The summed E-state index contributed by atoms with van der Waals surface area (Å²) in [5.74, 6) is 0.308. The van der Waals surface area contributed by atoms with Crippen LogP contribution in [-0.4, -0.2) is 34.7 Å². The topological polar surface area (TPSA) is 129 Å². The number of amides is 1. The third kappa shape index (κ3) is 3.96. The largest absolute Gasteiger partial charge is 0.497 e. The van der Waals surface area contributed by atoms with E-state index in [0.717, 1.165) is 11.1 Å². The van der Waals surface area contributed by atoms with E-state index in [2.05, 4.69) is 20.0 Å². The molecule has 8 heteroatoms. The molecular formula is C20H20N6O2. The van der Waals surface area contributed by atoms with Gasteiger partial charge in [0.15, 0.2) is 0 Å². The van der Waals surface area contributed by atoms with Crippen molar-refractivity contribution in [1.29, 1.82) is 0 Å². The maximum absolute atomic E-state index is 11.6. The molecule has 0 saturated heterocycles. The lowest BCUT2D eigenvalue weighted by Gasteiger charge is -2.06. The fourth-order valence-corrected chi connectivity index (χ4v) is 2.80. The maximum Gasteiger partial charge on any atom is 0.253 e. The number of rotatable bonds is 4. The highest BCUT2D eigenvalue weighted by Crippen LogP contribution is 2.23. The number of hydrogen-bond acceptors (Lipinski definition) is 5. The summed E-state index contributed by atoms with van der Waals surface area (Å²) in [6.45, 7) is 3.59. The number of nitrogens with two attached hydrogens (primary N) is 2. The van der Waals surface area contributed by atoms with E-state index in [1.165, 1.54) is 0 Å². The van der Waals surface area contributed by atoms with E-state index >= 15 is 0 Å². The Hall–Kier alpha value is -3.81. The van der Waals surface area contributed by atoms with E-state index in [1.54, 1.807) is 44.4 Å². The Labute approximate surface area is 162 Å². The third-order valence-electron chi connectivity index (χ3n) is 4.16. The van der Waals surface area contributed by atoms with Gasteiger partial charge in [-0.05, 0) is 32.0 Å². The Morgan fingerprint density at radius 2 is 1.79 bits per heavy atom. The summed E-state index contributed by atoms with van der Waals surface area (Å²) in [5, 5.41) is 0.897. The quantitative estimate of drug-likeness (QED) is 0.534. The standard InChI is InChI=1S/C20H20N6O2/c1-11(14-6-4-5-7-16(14)18(21)27)23-19(22)26-20-24-12(2)15-9-8-13(28-3)10-17(15)25-20/h4-10H,1-3H3,(H2,21,27)(H2,22,24,25,26)/b23-11+. The Kier molecular flexibility index (Phi) is 5.30. The smallest absolute Gasteiger partial charge is 0.253 e. The van der Waals surface area contributed by atoms with E-state index in [1.807, 2.05) is 19.1 Å². The number of aromatic nitrogens is 2. The minimum atomic E-state index is -0.539.